The van der Waals surface area contributed by atoms with Gasteiger partial charge in [-0.3, -0.25) is 14.4 Å². The number of nitrogens with one attached hydrogen (secondary N) is 2. The molecule has 0 aromatic heterocycles. The fourth-order valence-electron chi connectivity index (χ4n) is 0.925. The fourth-order valence-corrected chi connectivity index (χ4v) is 0.925. The minimum absolute atomic E-state index is 0.183. The molecule has 0 heterocycles. The van der Waals surface area contributed by atoms with E-state index in [1.54, 1.807) is 0 Å². The number of carbonyl (C=O) groups is 4. The summed E-state index contributed by atoms with van der Waals surface area (Å²) in [5.74, 6) is -1.74. The normalized spacial score (nSPS) is 11.4. The van der Waals surface area contributed by atoms with Gasteiger partial charge in [0.15, 0.2) is 0 Å². The molecule has 0 rings (SSSR count). The number of aldehydes is 1. The summed E-state index contributed by atoms with van der Waals surface area (Å²) in [6.45, 7) is -0.577. The van der Waals surface area contributed by atoms with Crippen molar-refractivity contribution in [3.8, 4) is 0 Å². The Bertz CT molecular complexity index is 305. The lowest BCUT2D eigenvalue weighted by molar-refractivity contribution is -0.127. The molecule has 8 nitrogen and oxygen atoms in total. The third-order valence-electron chi connectivity index (χ3n) is 1.82. The summed E-state index contributed by atoms with van der Waals surface area (Å²) in [5.41, 5.74) is 10.2. The van der Waals surface area contributed by atoms with Crippen molar-refractivity contribution in [1.29, 1.82) is 0 Å². The fraction of sp³-hybridized carbons (Fsp3) is 0.556. The second-order valence-corrected chi connectivity index (χ2v) is 3.31. The monoisotopic (exact) mass is 244 g/mol. The Labute approximate surface area is 98.1 Å². The minimum atomic E-state index is -0.829. The lowest BCUT2D eigenvalue weighted by atomic mass is 10.1. The van der Waals surface area contributed by atoms with Crippen LogP contribution in [0.3, 0.4) is 0 Å². The van der Waals surface area contributed by atoms with E-state index >= 15 is 0 Å². The van der Waals surface area contributed by atoms with Gasteiger partial charge in [-0.05, 0) is 6.42 Å². The number of nitrogens with two attached hydrogens (primary N) is 2. The Morgan fingerprint density at radius 1 is 1.18 bits per heavy atom. The van der Waals surface area contributed by atoms with Crippen molar-refractivity contribution in [3.63, 3.8) is 0 Å². The van der Waals surface area contributed by atoms with Crippen molar-refractivity contribution in [1.82, 2.24) is 10.6 Å². The van der Waals surface area contributed by atoms with Crippen molar-refractivity contribution < 1.29 is 19.2 Å². The van der Waals surface area contributed by atoms with Crippen LogP contribution in [0.25, 0.3) is 0 Å². The maximum atomic E-state index is 11.3. The van der Waals surface area contributed by atoms with Gasteiger partial charge in [0.25, 0.3) is 0 Å². The summed E-state index contributed by atoms with van der Waals surface area (Å²) >= 11 is 0. The van der Waals surface area contributed by atoms with Gasteiger partial charge in [0, 0.05) is 6.42 Å². The molecule has 1 atom stereocenters. The van der Waals surface area contributed by atoms with Crippen LogP contribution in [0.15, 0.2) is 0 Å². The van der Waals surface area contributed by atoms with Crippen LogP contribution in [0.4, 0.5) is 0 Å². The minimum Gasteiger partial charge on any atom is -0.368 e. The summed E-state index contributed by atoms with van der Waals surface area (Å²) in [4.78, 5) is 42.7. The van der Waals surface area contributed by atoms with E-state index in [0.717, 1.165) is 0 Å². The molecule has 0 aliphatic rings. The Kier molecular flexibility index (Phi) is 7.27. The highest BCUT2D eigenvalue weighted by atomic mass is 16.2. The predicted octanol–water partition coefficient (Wildman–Crippen LogP) is -2.99. The van der Waals surface area contributed by atoms with Gasteiger partial charge >= 0.3 is 0 Å². The van der Waals surface area contributed by atoms with E-state index in [1.165, 1.54) is 0 Å². The largest absolute Gasteiger partial charge is 0.368 e. The lowest BCUT2D eigenvalue weighted by Crippen LogP contribution is -2.46. The van der Waals surface area contributed by atoms with Crippen LogP contribution >= 0.6 is 0 Å². The van der Waals surface area contributed by atoms with Gasteiger partial charge in [-0.25, -0.2) is 0 Å². The van der Waals surface area contributed by atoms with Crippen LogP contribution in [0.2, 0.25) is 0 Å². The predicted molar refractivity (Wildman–Crippen MR) is 58.5 cm³/mol. The van der Waals surface area contributed by atoms with E-state index < -0.39 is 23.8 Å². The zero-order chi connectivity index (χ0) is 13.3. The second-order valence-electron chi connectivity index (χ2n) is 3.31. The van der Waals surface area contributed by atoms with Gasteiger partial charge in [-0.15, -0.1) is 0 Å². The molecule has 6 N–H and O–H groups in total. The molecule has 0 spiro atoms. The molecular weight excluding hydrogens is 228 g/mol. The topological polar surface area (TPSA) is 144 Å². The van der Waals surface area contributed by atoms with Crippen LogP contribution in [-0.4, -0.2) is 43.1 Å². The molecule has 0 saturated carbocycles. The summed E-state index contributed by atoms with van der Waals surface area (Å²) in [7, 11) is 0. The first-order chi connectivity index (χ1) is 7.97. The standard InChI is InChI=1S/C9H16N4O4/c10-6(2-1-3-14)9(17)13-5-8(16)12-4-7(11)15/h3,6H,1-2,4-5,10H2,(H2,11,15)(H,12,16)(H,13,17). The zero-order valence-corrected chi connectivity index (χ0v) is 9.27. The quantitative estimate of drug-likeness (QED) is 0.336. The van der Waals surface area contributed by atoms with Crippen LogP contribution in [0.1, 0.15) is 12.8 Å². The molecule has 96 valence electrons. The Hall–Kier alpha value is -1.96. The van der Waals surface area contributed by atoms with Crippen LogP contribution < -0.4 is 22.1 Å². The van der Waals surface area contributed by atoms with Gasteiger partial charge in [0.2, 0.25) is 17.7 Å². The van der Waals surface area contributed by atoms with Crippen LogP contribution in [0.5, 0.6) is 0 Å². The summed E-state index contributed by atoms with van der Waals surface area (Å²) < 4.78 is 0. The lowest BCUT2D eigenvalue weighted by Gasteiger charge is -2.10. The highest BCUT2D eigenvalue weighted by molar-refractivity contribution is 5.89. The van der Waals surface area contributed by atoms with Gasteiger partial charge < -0.3 is 26.9 Å². The van der Waals surface area contributed by atoms with Gasteiger partial charge in [0.1, 0.15) is 6.29 Å². The summed E-state index contributed by atoms with van der Waals surface area (Å²) in [5, 5.41) is 4.47. The first-order valence-electron chi connectivity index (χ1n) is 4.99. The third kappa shape index (κ3) is 7.91. The molecule has 3 amide bonds. The van der Waals surface area contributed by atoms with E-state index in [-0.39, 0.29) is 25.9 Å². The number of hydrogen-bond acceptors (Lipinski definition) is 5. The number of primary amides is 1. The molecule has 0 fully saturated rings. The number of hydrogen-bond donors (Lipinski definition) is 4. The van der Waals surface area contributed by atoms with Crippen molar-refractivity contribution in [2.24, 2.45) is 11.5 Å². The Morgan fingerprint density at radius 3 is 2.35 bits per heavy atom. The molecule has 1 unspecified atom stereocenters. The molecule has 0 bridgehead atoms. The van der Waals surface area contributed by atoms with Crippen LogP contribution in [0, 0.1) is 0 Å². The van der Waals surface area contributed by atoms with Gasteiger partial charge in [-0.2, -0.15) is 0 Å². The van der Waals surface area contributed by atoms with Crippen LogP contribution in [-0.2, 0) is 19.2 Å². The molecule has 0 aromatic carbocycles. The maximum Gasteiger partial charge on any atom is 0.239 e. The second kappa shape index (κ2) is 8.22. The maximum absolute atomic E-state index is 11.3. The molecule has 0 aromatic rings. The average molecular weight is 244 g/mol. The smallest absolute Gasteiger partial charge is 0.239 e. The zero-order valence-electron chi connectivity index (χ0n) is 9.27. The number of carbonyl (C=O) groups excluding carboxylic acids is 4. The molecule has 0 saturated heterocycles. The van der Waals surface area contributed by atoms with E-state index in [9.17, 15) is 19.2 Å². The Morgan fingerprint density at radius 2 is 1.82 bits per heavy atom. The molecular formula is C9H16N4O4. The summed E-state index contributed by atoms with van der Waals surface area (Å²) in [6.07, 6.45) is 1.06. The first-order valence-corrected chi connectivity index (χ1v) is 4.99. The molecule has 0 aliphatic heterocycles. The van der Waals surface area contributed by atoms with Crippen molar-refractivity contribution in [2.75, 3.05) is 13.1 Å². The molecule has 0 aliphatic carbocycles. The first kappa shape index (κ1) is 15.0. The van der Waals surface area contributed by atoms with Gasteiger partial charge in [0.05, 0.1) is 19.1 Å². The number of rotatable bonds is 8. The summed E-state index contributed by atoms with van der Waals surface area (Å²) in [6, 6.07) is -0.829. The van der Waals surface area contributed by atoms with Crippen molar-refractivity contribution in [3.05, 3.63) is 0 Å². The van der Waals surface area contributed by atoms with E-state index in [0.29, 0.717) is 6.29 Å². The van der Waals surface area contributed by atoms with E-state index in [2.05, 4.69) is 10.6 Å². The average Bonchev–Trinajstić information content (AvgIpc) is 2.30. The SMILES string of the molecule is NC(=O)CNC(=O)CNC(=O)C(N)CCC=O. The van der Waals surface area contributed by atoms with Crippen molar-refractivity contribution >= 4 is 24.0 Å². The third-order valence-corrected chi connectivity index (χ3v) is 1.82. The van der Waals surface area contributed by atoms with Crippen molar-refractivity contribution in [2.45, 2.75) is 18.9 Å². The molecule has 0 radical (unpaired) electrons. The molecule has 17 heavy (non-hydrogen) atoms. The highest BCUT2D eigenvalue weighted by Crippen LogP contribution is 1.91. The van der Waals surface area contributed by atoms with E-state index in [1.807, 2.05) is 0 Å². The Balaban J connectivity index is 3.78. The molecule has 8 heteroatoms. The number of amides is 3. The van der Waals surface area contributed by atoms with E-state index in [4.69, 9.17) is 11.5 Å². The van der Waals surface area contributed by atoms with Gasteiger partial charge in [-0.1, -0.05) is 0 Å². The highest BCUT2D eigenvalue weighted by Gasteiger charge is 2.13.